The van der Waals surface area contributed by atoms with Crippen LogP contribution in [-0.4, -0.2) is 14.1 Å². The predicted molar refractivity (Wildman–Crippen MR) is 45.4 cm³/mol. The average molecular weight is 164 g/mol. The lowest BCUT2D eigenvalue weighted by molar-refractivity contribution is 0.622. The Labute approximate surface area is 70.8 Å². The van der Waals surface area contributed by atoms with E-state index in [9.17, 15) is 4.39 Å². The number of halogens is 1. The van der Waals surface area contributed by atoms with E-state index in [4.69, 9.17) is 5.26 Å². The average Bonchev–Trinajstić information content (AvgIpc) is 2.04. The van der Waals surface area contributed by atoms with Crippen LogP contribution in [0, 0.1) is 17.1 Å². The van der Waals surface area contributed by atoms with Gasteiger partial charge in [0.15, 0.2) is 5.82 Å². The summed E-state index contributed by atoms with van der Waals surface area (Å²) in [7, 11) is 3.47. The Morgan fingerprint density at radius 1 is 1.42 bits per heavy atom. The van der Waals surface area contributed by atoms with E-state index in [1.165, 1.54) is 6.07 Å². The Morgan fingerprint density at radius 3 is 2.58 bits per heavy atom. The Morgan fingerprint density at radius 2 is 2.08 bits per heavy atom. The van der Waals surface area contributed by atoms with Crippen LogP contribution in [0.3, 0.4) is 0 Å². The van der Waals surface area contributed by atoms with Crippen molar-refractivity contribution in [2.75, 3.05) is 19.0 Å². The Hall–Kier alpha value is -1.56. The third-order valence-electron chi connectivity index (χ3n) is 1.58. The molecular weight excluding hydrogens is 155 g/mol. The summed E-state index contributed by atoms with van der Waals surface area (Å²) in [6.45, 7) is 0. The van der Waals surface area contributed by atoms with Crippen molar-refractivity contribution in [3.05, 3.63) is 29.6 Å². The van der Waals surface area contributed by atoms with E-state index < -0.39 is 5.82 Å². The third-order valence-corrected chi connectivity index (χ3v) is 1.58. The largest absolute Gasteiger partial charge is 0.375 e. The molecule has 0 aliphatic rings. The summed E-state index contributed by atoms with van der Waals surface area (Å²) in [5, 5.41) is 8.52. The predicted octanol–water partition coefficient (Wildman–Crippen LogP) is 1.76. The van der Waals surface area contributed by atoms with Gasteiger partial charge in [-0.25, -0.2) is 4.39 Å². The van der Waals surface area contributed by atoms with Gasteiger partial charge in [0, 0.05) is 14.1 Å². The lowest BCUT2D eigenvalue weighted by Crippen LogP contribution is -2.11. The van der Waals surface area contributed by atoms with Gasteiger partial charge in [-0.1, -0.05) is 6.07 Å². The maximum atomic E-state index is 13.3. The molecule has 0 saturated heterocycles. The molecule has 0 aliphatic heterocycles. The fraction of sp³-hybridized carbons (Fsp3) is 0.222. The molecule has 0 spiro atoms. The molecular formula is C9H9FN2. The minimum atomic E-state index is -0.454. The maximum absolute atomic E-state index is 13.3. The van der Waals surface area contributed by atoms with Crippen molar-refractivity contribution in [2.45, 2.75) is 0 Å². The molecule has 0 atom stereocenters. The molecule has 0 heterocycles. The molecule has 0 amide bonds. The van der Waals surface area contributed by atoms with Crippen LogP contribution in [0.5, 0.6) is 0 Å². The van der Waals surface area contributed by atoms with Gasteiger partial charge in [0.2, 0.25) is 0 Å². The summed E-state index contributed by atoms with van der Waals surface area (Å²) in [5.74, 6) is -0.454. The van der Waals surface area contributed by atoms with Crippen LogP contribution in [0.2, 0.25) is 0 Å². The van der Waals surface area contributed by atoms with E-state index in [2.05, 4.69) is 0 Å². The quantitative estimate of drug-likeness (QED) is 0.632. The second-order valence-electron chi connectivity index (χ2n) is 2.64. The SMILES string of the molecule is CN(C)c1cccc(C#N)c1F. The van der Waals surface area contributed by atoms with Gasteiger partial charge in [0.25, 0.3) is 0 Å². The number of nitrogens with zero attached hydrogens (tertiary/aromatic N) is 2. The van der Waals surface area contributed by atoms with Crippen molar-refractivity contribution in [1.82, 2.24) is 0 Å². The van der Waals surface area contributed by atoms with Gasteiger partial charge in [0.1, 0.15) is 6.07 Å². The first kappa shape index (κ1) is 8.54. The molecule has 0 aromatic heterocycles. The van der Waals surface area contributed by atoms with Crippen molar-refractivity contribution < 1.29 is 4.39 Å². The van der Waals surface area contributed by atoms with Gasteiger partial charge < -0.3 is 4.90 Å². The second-order valence-corrected chi connectivity index (χ2v) is 2.64. The Bertz CT molecular complexity index is 326. The summed E-state index contributed by atoms with van der Waals surface area (Å²) < 4.78 is 13.3. The molecule has 1 aromatic carbocycles. The topological polar surface area (TPSA) is 27.0 Å². The molecule has 62 valence electrons. The summed E-state index contributed by atoms with van der Waals surface area (Å²) in [6.07, 6.45) is 0. The van der Waals surface area contributed by atoms with Gasteiger partial charge in [-0.05, 0) is 12.1 Å². The smallest absolute Gasteiger partial charge is 0.164 e. The molecule has 0 aliphatic carbocycles. The van der Waals surface area contributed by atoms with Crippen LogP contribution < -0.4 is 4.90 Å². The molecule has 12 heavy (non-hydrogen) atoms. The highest BCUT2D eigenvalue weighted by Crippen LogP contribution is 2.19. The fourth-order valence-electron chi connectivity index (χ4n) is 0.952. The third kappa shape index (κ3) is 1.37. The standard InChI is InChI=1S/C9H9FN2/c1-12(2)8-5-3-4-7(6-11)9(8)10/h3-5H,1-2H3. The number of rotatable bonds is 1. The number of nitriles is 1. The minimum absolute atomic E-state index is 0.0844. The zero-order valence-electron chi connectivity index (χ0n) is 7.00. The van der Waals surface area contributed by atoms with E-state index in [0.29, 0.717) is 5.69 Å². The van der Waals surface area contributed by atoms with E-state index in [1.54, 1.807) is 37.2 Å². The highest BCUT2D eigenvalue weighted by molar-refractivity contribution is 5.52. The van der Waals surface area contributed by atoms with Crippen LogP contribution in [0.4, 0.5) is 10.1 Å². The highest BCUT2D eigenvalue weighted by Gasteiger charge is 2.07. The monoisotopic (exact) mass is 164 g/mol. The Balaban J connectivity index is 3.25. The van der Waals surface area contributed by atoms with Crippen LogP contribution in [-0.2, 0) is 0 Å². The number of benzene rings is 1. The van der Waals surface area contributed by atoms with Crippen molar-refractivity contribution >= 4 is 5.69 Å². The van der Waals surface area contributed by atoms with E-state index in [0.717, 1.165) is 0 Å². The van der Waals surface area contributed by atoms with Gasteiger partial charge >= 0.3 is 0 Å². The second kappa shape index (κ2) is 3.22. The summed E-state index contributed by atoms with van der Waals surface area (Å²) >= 11 is 0. The van der Waals surface area contributed by atoms with E-state index in [1.807, 2.05) is 0 Å². The van der Waals surface area contributed by atoms with Gasteiger partial charge in [-0.2, -0.15) is 5.26 Å². The minimum Gasteiger partial charge on any atom is -0.375 e. The van der Waals surface area contributed by atoms with Gasteiger partial charge in [-0.15, -0.1) is 0 Å². The van der Waals surface area contributed by atoms with Crippen LogP contribution >= 0.6 is 0 Å². The van der Waals surface area contributed by atoms with Crippen LogP contribution in [0.1, 0.15) is 5.56 Å². The summed E-state index contributed by atoms with van der Waals surface area (Å²) in [5.41, 5.74) is 0.523. The molecule has 1 aromatic rings. The first-order chi connectivity index (χ1) is 5.66. The fourth-order valence-corrected chi connectivity index (χ4v) is 0.952. The van der Waals surface area contributed by atoms with Gasteiger partial charge in [-0.3, -0.25) is 0 Å². The first-order valence-corrected chi connectivity index (χ1v) is 3.52. The normalized spacial score (nSPS) is 9.17. The Kier molecular flexibility index (Phi) is 2.29. The van der Waals surface area contributed by atoms with E-state index >= 15 is 0 Å². The highest BCUT2D eigenvalue weighted by atomic mass is 19.1. The number of hydrogen-bond acceptors (Lipinski definition) is 2. The first-order valence-electron chi connectivity index (χ1n) is 3.52. The lowest BCUT2D eigenvalue weighted by atomic mass is 10.2. The van der Waals surface area contributed by atoms with Crippen molar-refractivity contribution in [2.24, 2.45) is 0 Å². The van der Waals surface area contributed by atoms with Crippen LogP contribution in [0.15, 0.2) is 18.2 Å². The molecule has 0 radical (unpaired) electrons. The molecule has 0 bridgehead atoms. The lowest BCUT2D eigenvalue weighted by Gasteiger charge is -2.13. The molecule has 0 N–H and O–H groups in total. The van der Waals surface area contributed by atoms with Gasteiger partial charge in [0.05, 0.1) is 11.3 Å². The molecule has 1 rings (SSSR count). The summed E-state index contributed by atoms with van der Waals surface area (Å²) in [6, 6.07) is 6.55. The zero-order chi connectivity index (χ0) is 9.14. The molecule has 0 fully saturated rings. The molecule has 3 heteroatoms. The number of hydrogen-bond donors (Lipinski definition) is 0. The number of anilines is 1. The van der Waals surface area contributed by atoms with E-state index in [-0.39, 0.29) is 5.56 Å². The molecule has 0 unspecified atom stereocenters. The summed E-state index contributed by atoms with van der Waals surface area (Å²) in [4.78, 5) is 1.64. The van der Waals surface area contributed by atoms with Crippen LogP contribution in [0.25, 0.3) is 0 Å². The van der Waals surface area contributed by atoms with Crippen molar-refractivity contribution in [1.29, 1.82) is 5.26 Å². The van der Waals surface area contributed by atoms with Crippen molar-refractivity contribution in [3.8, 4) is 6.07 Å². The zero-order valence-corrected chi connectivity index (χ0v) is 7.00. The maximum Gasteiger partial charge on any atom is 0.164 e. The molecule has 2 nitrogen and oxygen atoms in total. The molecule has 0 saturated carbocycles. The van der Waals surface area contributed by atoms with Crippen molar-refractivity contribution in [3.63, 3.8) is 0 Å².